The summed E-state index contributed by atoms with van der Waals surface area (Å²) < 4.78 is 27.2. The predicted molar refractivity (Wildman–Crippen MR) is 80.7 cm³/mol. The van der Waals surface area contributed by atoms with Crippen LogP contribution in [0.3, 0.4) is 0 Å². The van der Waals surface area contributed by atoms with E-state index in [0.717, 1.165) is 15.7 Å². The van der Waals surface area contributed by atoms with Crippen molar-refractivity contribution in [2.45, 2.75) is 6.04 Å². The molecule has 0 bridgehead atoms. The minimum atomic E-state index is -0.311. The second-order valence-electron chi connectivity index (χ2n) is 4.50. The summed E-state index contributed by atoms with van der Waals surface area (Å²) in [6.45, 7) is 0.315. The van der Waals surface area contributed by atoms with Crippen molar-refractivity contribution in [3.63, 3.8) is 0 Å². The molecule has 20 heavy (non-hydrogen) atoms. The van der Waals surface area contributed by atoms with Gasteiger partial charge in [-0.15, -0.1) is 0 Å². The summed E-state index contributed by atoms with van der Waals surface area (Å²) in [6.07, 6.45) is 0. The first kappa shape index (κ1) is 14.9. The lowest BCUT2D eigenvalue weighted by Crippen LogP contribution is -2.30. The third-order valence-electron chi connectivity index (χ3n) is 3.24. The highest BCUT2D eigenvalue weighted by Gasteiger charge is 2.19. The molecule has 2 nitrogen and oxygen atoms in total. The Morgan fingerprint density at radius 3 is 2.30 bits per heavy atom. The molecule has 0 saturated carbocycles. The Bertz CT molecular complexity index is 587. The van der Waals surface area contributed by atoms with E-state index in [2.05, 4.69) is 15.9 Å². The Kier molecular flexibility index (Phi) is 4.73. The minimum Gasteiger partial charge on any atom is -0.366 e. The number of nitrogens with two attached hydrogens (primary N) is 1. The van der Waals surface area contributed by atoms with E-state index in [0.29, 0.717) is 6.54 Å². The first-order chi connectivity index (χ1) is 9.52. The number of hydrogen-bond acceptors (Lipinski definition) is 2. The van der Waals surface area contributed by atoms with Gasteiger partial charge in [-0.1, -0.05) is 15.9 Å². The van der Waals surface area contributed by atoms with Gasteiger partial charge >= 0.3 is 0 Å². The van der Waals surface area contributed by atoms with E-state index in [1.54, 1.807) is 18.2 Å². The fourth-order valence-electron chi connectivity index (χ4n) is 2.12. The van der Waals surface area contributed by atoms with E-state index in [-0.39, 0.29) is 17.7 Å². The van der Waals surface area contributed by atoms with Crippen LogP contribution >= 0.6 is 15.9 Å². The highest BCUT2D eigenvalue weighted by molar-refractivity contribution is 9.10. The lowest BCUT2D eigenvalue weighted by Gasteiger charge is -2.30. The van der Waals surface area contributed by atoms with Gasteiger partial charge in [0.2, 0.25) is 0 Å². The summed E-state index contributed by atoms with van der Waals surface area (Å²) in [5.74, 6) is -0.604. The number of rotatable bonds is 4. The quantitative estimate of drug-likeness (QED) is 0.915. The fourth-order valence-corrected chi connectivity index (χ4v) is 2.63. The number of hydrogen-bond donors (Lipinski definition) is 1. The molecule has 0 spiro atoms. The molecular weight excluding hydrogens is 326 g/mol. The number of anilines is 1. The van der Waals surface area contributed by atoms with Crippen LogP contribution < -0.4 is 10.6 Å². The summed E-state index contributed by atoms with van der Waals surface area (Å²) in [4.78, 5) is 1.90. The smallest absolute Gasteiger partial charge is 0.123 e. The normalized spacial score (nSPS) is 12.2. The van der Waals surface area contributed by atoms with Gasteiger partial charge in [0.25, 0.3) is 0 Å². The van der Waals surface area contributed by atoms with Gasteiger partial charge in [-0.05, 0) is 48.0 Å². The Labute approximate surface area is 125 Å². The number of benzene rings is 2. The molecule has 1 atom stereocenters. The largest absolute Gasteiger partial charge is 0.366 e. The Hall–Kier alpha value is -1.46. The second kappa shape index (κ2) is 6.33. The lowest BCUT2D eigenvalue weighted by atomic mass is 10.0. The summed E-state index contributed by atoms with van der Waals surface area (Å²) in [7, 11) is 1.85. The zero-order valence-corrected chi connectivity index (χ0v) is 12.6. The topological polar surface area (TPSA) is 29.3 Å². The molecule has 1 unspecified atom stereocenters. The van der Waals surface area contributed by atoms with Gasteiger partial charge in [0.1, 0.15) is 11.6 Å². The van der Waals surface area contributed by atoms with Gasteiger partial charge in [0.15, 0.2) is 0 Å². The van der Waals surface area contributed by atoms with Gasteiger partial charge in [0, 0.05) is 23.8 Å². The number of halogens is 3. The monoisotopic (exact) mass is 340 g/mol. The van der Waals surface area contributed by atoms with Crippen LogP contribution in [0.4, 0.5) is 14.5 Å². The molecule has 0 aliphatic carbocycles. The molecule has 106 valence electrons. The van der Waals surface area contributed by atoms with Crippen molar-refractivity contribution in [2.24, 2.45) is 5.73 Å². The van der Waals surface area contributed by atoms with Crippen molar-refractivity contribution in [3.8, 4) is 0 Å². The van der Waals surface area contributed by atoms with Gasteiger partial charge in [0.05, 0.1) is 6.04 Å². The highest BCUT2D eigenvalue weighted by atomic mass is 79.9. The van der Waals surface area contributed by atoms with Gasteiger partial charge in [-0.25, -0.2) is 8.78 Å². The summed E-state index contributed by atoms with van der Waals surface area (Å²) in [5.41, 5.74) is 7.41. The lowest BCUT2D eigenvalue weighted by molar-refractivity contribution is 0.613. The number of likely N-dealkylation sites (N-methyl/N-ethyl adjacent to an activating group) is 1. The molecule has 2 aromatic rings. The van der Waals surface area contributed by atoms with Crippen molar-refractivity contribution < 1.29 is 8.78 Å². The molecular formula is C15H15BrF2N2. The van der Waals surface area contributed by atoms with Crippen LogP contribution in [0.1, 0.15) is 11.6 Å². The molecule has 2 rings (SSSR count). The minimum absolute atomic E-state index is 0.203. The van der Waals surface area contributed by atoms with E-state index in [4.69, 9.17) is 5.73 Å². The maximum atomic E-state index is 13.4. The van der Waals surface area contributed by atoms with Gasteiger partial charge in [-0.2, -0.15) is 0 Å². The third kappa shape index (κ3) is 3.16. The maximum absolute atomic E-state index is 13.4. The molecule has 0 radical (unpaired) electrons. The SMILES string of the molecule is CN(c1ccc(F)cc1)C(CN)c1cc(F)ccc1Br. The average molecular weight is 341 g/mol. The molecule has 0 saturated heterocycles. The van der Waals surface area contributed by atoms with Crippen LogP contribution in [0.15, 0.2) is 46.9 Å². The van der Waals surface area contributed by atoms with Crippen LogP contribution in [0, 0.1) is 11.6 Å². The number of nitrogens with zero attached hydrogens (tertiary/aromatic N) is 1. The van der Waals surface area contributed by atoms with Crippen molar-refractivity contribution in [1.82, 2.24) is 0 Å². The van der Waals surface area contributed by atoms with Crippen LogP contribution in [0.5, 0.6) is 0 Å². The Morgan fingerprint density at radius 1 is 1.10 bits per heavy atom. The molecule has 2 aromatic carbocycles. The predicted octanol–water partition coefficient (Wildman–Crippen LogP) is 3.86. The fraction of sp³-hybridized carbons (Fsp3) is 0.200. The molecule has 5 heteroatoms. The molecule has 2 N–H and O–H groups in total. The first-order valence-corrected chi connectivity index (χ1v) is 6.95. The summed E-state index contributed by atoms with van der Waals surface area (Å²) >= 11 is 3.42. The zero-order chi connectivity index (χ0) is 14.7. The van der Waals surface area contributed by atoms with E-state index in [9.17, 15) is 8.78 Å². The summed E-state index contributed by atoms with van der Waals surface area (Å²) in [5, 5.41) is 0. The first-order valence-electron chi connectivity index (χ1n) is 6.16. The van der Waals surface area contributed by atoms with Crippen molar-refractivity contribution in [3.05, 3.63) is 64.1 Å². The van der Waals surface area contributed by atoms with Crippen molar-refractivity contribution in [1.29, 1.82) is 0 Å². The Balaban J connectivity index is 2.36. The van der Waals surface area contributed by atoms with Crippen molar-refractivity contribution >= 4 is 21.6 Å². The second-order valence-corrected chi connectivity index (χ2v) is 5.36. The zero-order valence-electron chi connectivity index (χ0n) is 11.0. The maximum Gasteiger partial charge on any atom is 0.123 e. The van der Waals surface area contributed by atoms with Crippen LogP contribution in [0.2, 0.25) is 0 Å². The van der Waals surface area contributed by atoms with Gasteiger partial charge < -0.3 is 10.6 Å². The average Bonchev–Trinajstić information content (AvgIpc) is 2.44. The molecule has 0 aromatic heterocycles. The molecule has 0 aliphatic rings. The highest BCUT2D eigenvalue weighted by Crippen LogP contribution is 2.30. The van der Waals surface area contributed by atoms with E-state index >= 15 is 0 Å². The van der Waals surface area contributed by atoms with E-state index in [1.165, 1.54) is 24.3 Å². The summed E-state index contributed by atoms with van der Waals surface area (Å²) in [6, 6.07) is 10.4. The van der Waals surface area contributed by atoms with Gasteiger partial charge in [-0.3, -0.25) is 0 Å². The van der Waals surface area contributed by atoms with E-state index in [1.807, 2.05) is 11.9 Å². The van der Waals surface area contributed by atoms with Crippen LogP contribution in [0.25, 0.3) is 0 Å². The van der Waals surface area contributed by atoms with Crippen LogP contribution in [-0.2, 0) is 0 Å². The van der Waals surface area contributed by atoms with Crippen molar-refractivity contribution in [2.75, 3.05) is 18.5 Å². The van der Waals surface area contributed by atoms with E-state index < -0.39 is 0 Å². The molecule has 0 heterocycles. The molecule has 0 aliphatic heterocycles. The van der Waals surface area contributed by atoms with Crippen LogP contribution in [-0.4, -0.2) is 13.6 Å². The standard InChI is InChI=1S/C15H15BrF2N2/c1-20(12-5-2-10(17)3-6-12)15(9-19)13-8-11(18)4-7-14(13)16/h2-8,15H,9,19H2,1H3. The Morgan fingerprint density at radius 2 is 1.70 bits per heavy atom. The molecule has 0 amide bonds. The third-order valence-corrected chi connectivity index (χ3v) is 3.96. The molecule has 0 fully saturated rings.